The summed E-state index contributed by atoms with van der Waals surface area (Å²) in [5.41, 5.74) is 13.0. The van der Waals surface area contributed by atoms with E-state index in [1.807, 2.05) is 54.6 Å². The Hall–Kier alpha value is -8.37. The van der Waals surface area contributed by atoms with Crippen molar-refractivity contribution >= 4 is 106 Å². The summed E-state index contributed by atoms with van der Waals surface area (Å²) in [5, 5.41) is 9.01. The summed E-state index contributed by atoms with van der Waals surface area (Å²) in [6.07, 6.45) is 0. The number of rotatable bonds is 3. The molecule has 1 spiro atoms. The molecule has 10 aromatic carbocycles. The van der Waals surface area contributed by atoms with Crippen molar-refractivity contribution in [2.45, 2.75) is 5.41 Å². The topological polar surface area (TPSA) is 51.5 Å². The van der Waals surface area contributed by atoms with E-state index in [-0.39, 0.29) is 0 Å². The number of fused-ring (bicyclic) bond motifs is 18. The fourth-order valence-corrected chi connectivity index (χ4v) is 15.1. The van der Waals surface area contributed by atoms with Crippen LogP contribution < -0.4 is 20.8 Å². The molecule has 314 valence electrons. The van der Waals surface area contributed by atoms with Crippen LogP contribution in [0.4, 0.5) is 17.1 Å². The number of nitrogens with zero attached hydrogens (tertiary/aromatic N) is 2. The molecule has 2 atom stereocenters. The van der Waals surface area contributed by atoms with Crippen LogP contribution in [0, 0.1) is 0 Å². The van der Waals surface area contributed by atoms with Crippen LogP contribution in [0.2, 0.25) is 0 Å². The van der Waals surface area contributed by atoms with Crippen LogP contribution in [0.15, 0.2) is 233 Å². The van der Waals surface area contributed by atoms with Crippen LogP contribution >= 0.6 is 7.14 Å². The van der Waals surface area contributed by atoms with E-state index in [9.17, 15) is 0 Å². The van der Waals surface area contributed by atoms with Gasteiger partial charge in [-0.1, -0.05) is 152 Å². The molecular weight excluding hydrogens is 840 g/mol. The predicted octanol–water partition coefficient (Wildman–Crippen LogP) is 14.7. The summed E-state index contributed by atoms with van der Waals surface area (Å²) in [5.74, 6) is 0. The summed E-state index contributed by atoms with van der Waals surface area (Å²) in [4.78, 5) is 2.43. The minimum atomic E-state index is -3.51. The number of aromatic nitrogens is 1. The van der Waals surface area contributed by atoms with Gasteiger partial charge < -0.3 is 22.9 Å². The van der Waals surface area contributed by atoms with Crippen molar-refractivity contribution in [2.75, 3.05) is 4.90 Å². The van der Waals surface area contributed by atoms with Crippen molar-refractivity contribution < 1.29 is 13.4 Å². The SMILES string of the molecule is O=P1(c2ccccc2)c2ccccc2C2(c3ccccc3N(c3ccccc3)c3cc(-n4c5ccccc5c5c6c(ccc54)oc4ccccc46)ccc32)c2cc3c(cc21)oc1ccccc13. The summed E-state index contributed by atoms with van der Waals surface area (Å²) in [7, 11) is -3.51. The second-order valence-electron chi connectivity index (χ2n) is 17.8. The third kappa shape index (κ3) is 4.71. The Morgan fingerprint density at radius 3 is 1.85 bits per heavy atom. The van der Waals surface area contributed by atoms with Gasteiger partial charge in [-0.2, -0.15) is 0 Å². The number of benzene rings is 10. The van der Waals surface area contributed by atoms with E-state index >= 15 is 4.57 Å². The Bertz CT molecular complexity index is 4280. The van der Waals surface area contributed by atoms with E-state index in [4.69, 9.17) is 8.83 Å². The zero-order valence-corrected chi connectivity index (χ0v) is 36.8. The molecule has 0 fully saturated rings. The van der Waals surface area contributed by atoms with Gasteiger partial charge in [0.1, 0.15) is 22.3 Å². The first-order chi connectivity index (χ1) is 33.1. The highest BCUT2D eigenvalue weighted by molar-refractivity contribution is 7.85. The van der Waals surface area contributed by atoms with Gasteiger partial charge in [-0.3, -0.25) is 0 Å². The second kappa shape index (κ2) is 13.4. The molecular formula is C61H37N2O3P. The van der Waals surface area contributed by atoms with Crippen LogP contribution in [0.5, 0.6) is 0 Å². The average Bonchev–Trinajstić information content (AvgIpc) is 4.07. The standard InChI is InChI=1S/C61H37N2O3P/c64-67(40-19-5-2-6-20-40)57-30-16-11-25-47(57)61(48-36-44-41-21-8-14-28-53(41)66-56(44)37-58(48)67)45-24-10-13-27-50(45)62(38-17-3-1-4-18-38)52-35-39(31-32-46(52)61)63-49-26-12-7-22-42(49)59-51(63)33-34-55-60(59)43-23-9-15-29-54(43)65-55/h1-37H. The van der Waals surface area contributed by atoms with Gasteiger partial charge in [0.25, 0.3) is 0 Å². The van der Waals surface area contributed by atoms with Gasteiger partial charge in [0.15, 0.2) is 7.14 Å². The summed E-state index contributed by atoms with van der Waals surface area (Å²) in [6.45, 7) is 0. The first-order valence-corrected chi connectivity index (χ1v) is 24.5. The lowest BCUT2D eigenvalue weighted by Gasteiger charge is -2.50. The highest BCUT2D eigenvalue weighted by Gasteiger charge is 2.55. The van der Waals surface area contributed by atoms with Gasteiger partial charge in [0.2, 0.25) is 0 Å². The van der Waals surface area contributed by atoms with Crippen molar-refractivity contribution in [3.63, 3.8) is 0 Å². The van der Waals surface area contributed by atoms with Crippen LogP contribution in [-0.4, -0.2) is 4.57 Å². The summed E-state index contributed by atoms with van der Waals surface area (Å²) >= 11 is 0. The zero-order chi connectivity index (χ0) is 44.0. The summed E-state index contributed by atoms with van der Waals surface area (Å²) < 4.78 is 32.4. The molecule has 0 N–H and O–H groups in total. The second-order valence-corrected chi connectivity index (χ2v) is 20.5. The number of furan rings is 2. The lowest BCUT2D eigenvalue weighted by molar-refractivity contribution is 0.590. The Balaban J connectivity index is 1.11. The van der Waals surface area contributed by atoms with E-state index in [0.29, 0.717) is 0 Å². The maximum absolute atomic E-state index is 16.8. The molecule has 5 heterocycles. The highest BCUT2D eigenvalue weighted by atomic mass is 31.2. The summed E-state index contributed by atoms with van der Waals surface area (Å²) in [6, 6.07) is 79.1. The minimum Gasteiger partial charge on any atom is -0.456 e. The molecule has 0 amide bonds. The fourth-order valence-electron chi connectivity index (χ4n) is 12.0. The molecule has 3 aromatic heterocycles. The van der Waals surface area contributed by atoms with Crippen LogP contribution in [0.3, 0.4) is 0 Å². The molecule has 0 saturated heterocycles. The molecule has 0 aliphatic carbocycles. The molecule has 5 nitrogen and oxygen atoms in total. The molecule has 0 saturated carbocycles. The molecule has 15 rings (SSSR count). The van der Waals surface area contributed by atoms with Crippen molar-refractivity contribution in [3.05, 3.63) is 247 Å². The van der Waals surface area contributed by atoms with E-state index < -0.39 is 12.6 Å². The number of hydrogen-bond acceptors (Lipinski definition) is 4. The van der Waals surface area contributed by atoms with Crippen molar-refractivity contribution in [1.82, 2.24) is 4.57 Å². The molecule has 13 aromatic rings. The predicted molar refractivity (Wildman–Crippen MR) is 275 cm³/mol. The van der Waals surface area contributed by atoms with E-state index in [2.05, 4.69) is 179 Å². The monoisotopic (exact) mass is 876 g/mol. The third-order valence-corrected chi connectivity index (χ3v) is 17.8. The van der Waals surface area contributed by atoms with Crippen LogP contribution in [0.1, 0.15) is 22.3 Å². The normalized spacial score (nSPS) is 17.4. The number of para-hydroxylation sites is 5. The van der Waals surface area contributed by atoms with Gasteiger partial charge in [-0.15, -0.1) is 0 Å². The average molecular weight is 877 g/mol. The van der Waals surface area contributed by atoms with Crippen molar-refractivity contribution in [2.24, 2.45) is 0 Å². The Morgan fingerprint density at radius 2 is 1.01 bits per heavy atom. The first-order valence-electron chi connectivity index (χ1n) is 22.8. The highest BCUT2D eigenvalue weighted by Crippen LogP contribution is 2.63. The Labute approximate surface area is 384 Å². The molecule has 0 bridgehead atoms. The number of anilines is 3. The fraction of sp³-hybridized carbons (Fsp3) is 0.0164. The number of hydrogen-bond donors (Lipinski definition) is 0. The minimum absolute atomic E-state index is 0.724. The Kier molecular flexibility index (Phi) is 7.36. The quantitative estimate of drug-likeness (QED) is 0.166. The lowest BCUT2D eigenvalue weighted by atomic mass is 9.62. The van der Waals surface area contributed by atoms with Gasteiger partial charge >= 0.3 is 0 Å². The van der Waals surface area contributed by atoms with Crippen molar-refractivity contribution in [3.8, 4) is 5.69 Å². The Morgan fingerprint density at radius 1 is 0.373 bits per heavy atom. The van der Waals surface area contributed by atoms with E-state index in [1.54, 1.807) is 0 Å². The van der Waals surface area contributed by atoms with Gasteiger partial charge in [0, 0.05) is 59.6 Å². The largest absolute Gasteiger partial charge is 0.456 e. The molecule has 0 radical (unpaired) electrons. The van der Waals surface area contributed by atoms with Crippen LogP contribution in [0.25, 0.3) is 71.4 Å². The molecule has 67 heavy (non-hydrogen) atoms. The maximum atomic E-state index is 16.8. The van der Waals surface area contributed by atoms with Gasteiger partial charge in [-0.25, -0.2) is 0 Å². The third-order valence-electron chi connectivity index (χ3n) is 14.6. The molecule has 2 unspecified atom stereocenters. The van der Waals surface area contributed by atoms with Gasteiger partial charge in [0.05, 0.1) is 27.8 Å². The lowest BCUT2D eigenvalue weighted by Crippen LogP contribution is -2.49. The van der Waals surface area contributed by atoms with E-state index in [0.717, 1.165) is 121 Å². The molecule has 2 aliphatic heterocycles. The maximum Gasteiger partial charge on any atom is 0.171 e. The van der Waals surface area contributed by atoms with Gasteiger partial charge in [-0.05, 0) is 95.1 Å². The molecule has 6 heteroatoms. The van der Waals surface area contributed by atoms with Crippen LogP contribution in [-0.2, 0) is 9.98 Å². The smallest absolute Gasteiger partial charge is 0.171 e. The molecule has 2 aliphatic rings. The van der Waals surface area contributed by atoms with E-state index in [1.165, 1.54) is 5.39 Å². The zero-order valence-electron chi connectivity index (χ0n) is 35.9. The first kappa shape index (κ1) is 36.9. The van der Waals surface area contributed by atoms with Crippen molar-refractivity contribution in [1.29, 1.82) is 0 Å².